The zero-order valence-corrected chi connectivity index (χ0v) is 20.3. The molecule has 1 aliphatic heterocycles. The van der Waals surface area contributed by atoms with Gasteiger partial charge in [0, 0.05) is 17.0 Å². The molecule has 8 heteroatoms. The number of carbonyl (C=O) groups is 1. The van der Waals surface area contributed by atoms with Crippen molar-refractivity contribution in [1.29, 1.82) is 0 Å². The van der Waals surface area contributed by atoms with Gasteiger partial charge in [-0.2, -0.15) is 13.2 Å². The summed E-state index contributed by atoms with van der Waals surface area (Å²) in [5.74, 6) is 0.561. The summed E-state index contributed by atoms with van der Waals surface area (Å²) in [6, 6.07) is 13.8. The van der Waals surface area contributed by atoms with Gasteiger partial charge < -0.3 is 9.47 Å². The number of thiophene rings is 1. The van der Waals surface area contributed by atoms with Gasteiger partial charge in [-0.15, -0.1) is 11.3 Å². The molecule has 0 N–H and O–H groups in total. The number of carbonyl (C=O) groups excluding carboxylic acids is 1. The SMILES string of the molecule is Cc1cc(OCc2cc(-c3ccccc3)c(C(F)(F)F)s2)cc2c1N(C(=O)OC(C)(C)C)CC2. The molecule has 1 amide bonds. The molecule has 0 fully saturated rings. The maximum Gasteiger partial charge on any atom is 0.426 e. The van der Waals surface area contributed by atoms with Gasteiger partial charge in [-0.25, -0.2) is 4.79 Å². The molecule has 0 unspecified atom stereocenters. The fourth-order valence-corrected chi connectivity index (χ4v) is 4.99. The van der Waals surface area contributed by atoms with Gasteiger partial charge in [-0.3, -0.25) is 4.90 Å². The standard InChI is InChI=1S/C26H26F3NO3S/c1-16-12-19(13-18-10-11-30(22(16)18)24(31)33-25(2,3)4)32-15-20-14-21(17-8-6-5-7-9-17)23(34-20)26(27,28)29/h5-9,12-14H,10-11,15H2,1-4H3. The maximum absolute atomic E-state index is 13.6. The van der Waals surface area contributed by atoms with Crippen molar-refractivity contribution in [1.82, 2.24) is 0 Å². The number of alkyl halides is 3. The highest BCUT2D eigenvalue weighted by atomic mass is 32.1. The largest absolute Gasteiger partial charge is 0.488 e. The fourth-order valence-electron chi connectivity index (χ4n) is 4.03. The van der Waals surface area contributed by atoms with Gasteiger partial charge in [-0.1, -0.05) is 30.3 Å². The van der Waals surface area contributed by atoms with Crippen molar-refractivity contribution < 1.29 is 27.4 Å². The zero-order chi connectivity index (χ0) is 24.7. The second kappa shape index (κ2) is 8.98. The number of hydrogen-bond acceptors (Lipinski definition) is 4. The van der Waals surface area contributed by atoms with Gasteiger partial charge in [0.2, 0.25) is 0 Å². The van der Waals surface area contributed by atoms with Crippen molar-refractivity contribution in [2.24, 2.45) is 0 Å². The number of nitrogens with zero attached hydrogens (tertiary/aromatic N) is 1. The van der Waals surface area contributed by atoms with E-state index in [-0.39, 0.29) is 12.2 Å². The van der Waals surface area contributed by atoms with Crippen LogP contribution in [0.5, 0.6) is 5.75 Å². The van der Waals surface area contributed by atoms with Crippen LogP contribution in [0.4, 0.5) is 23.7 Å². The summed E-state index contributed by atoms with van der Waals surface area (Å²) < 4.78 is 52.3. The third kappa shape index (κ3) is 5.22. The van der Waals surface area contributed by atoms with Crippen LogP contribution in [0.1, 0.15) is 41.7 Å². The number of anilines is 1. The number of amides is 1. The van der Waals surface area contributed by atoms with Crippen LogP contribution in [0.3, 0.4) is 0 Å². The summed E-state index contributed by atoms with van der Waals surface area (Å²) in [6.07, 6.45) is -4.18. The van der Waals surface area contributed by atoms with E-state index < -0.39 is 22.7 Å². The van der Waals surface area contributed by atoms with Crippen LogP contribution in [0.15, 0.2) is 48.5 Å². The molecule has 1 aliphatic rings. The normalized spacial score (nSPS) is 13.7. The molecule has 0 radical (unpaired) electrons. The second-order valence-corrected chi connectivity index (χ2v) is 10.4. The number of hydrogen-bond donors (Lipinski definition) is 0. The third-order valence-electron chi connectivity index (χ3n) is 5.35. The van der Waals surface area contributed by atoms with Gasteiger partial charge in [0.1, 0.15) is 22.8 Å². The first kappa shape index (κ1) is 24.1. The number of aryl methyl sites for hydroxylation is 1. The van der Waals surface area contributed by atoms with E-state index >= 15 is 0 Å². The second-order valence-electron chi connectivity index (χ2n) is 9.24. The van der Waals surface area contributed by atoms with Gasteiger partial charge in [0.25, 0.3) is 0 Å². The van der Waals surface area contributed by atoms with Gasteiger partial charge >= 0.3 is 12.3 Å². The van der Waals surface area contributed by atoms with E-state index in [1.807, 2.05) is 33.8 Å². The number of fused-ring (bicyclic) bond motifs is 1. The first-order valence-electron chi connectivity index (χ1n) is 10.9. The lowest BCUT2D eigenvalue weighted by molar-refractivity contribution is -0.133. The van der Waals surface area contributed by atoms with Gasteiger partial charge in [-0.05, 0) is 69.0 Å². The lowest BCUT2D eigenvalue weighted by atomic mass is 10.1. The van der Waals surface area contributed by atoms with E-state index in [0.29, 0.717) is 40.5 Å². The molecule has 0 aliphatic carbocycles. The monoisotopic (exact) mass is 489 g/mol. The average molecular weight is 490 g/mol. The zero-order valence-electron chi connectivity index (χ0n) is 19.5. The van der Waals surface area contributed by atoms with Crippen molar-refractivity contribution in [3.8, 4) is 16.9 Å². The topological polar surface area (TPSA) is 38.8 Å². The van der Waals surface area contributed by atoms with Crippen molar-refractivity contribution in [2.75, 3.05) is 11.4 Å². The summed E-state index contributed by atoms with van der Waals surface area (Å²) in [7, 11) is 0. The number of rotatable bonds is 4. The minimum absolute atomic E-state index is 0.0224. The average Bonchev–Trinajstić information content (AvgIpc) is 3.36. The molecule has 34 heavy (non-hydrogen) atoms. The van der Waals surface area contributed by atoms with Crippen molar-refractivity contribution >= 4 is 23.1 Å². The minimum Gasteiger partial charge on any atom is -0.488 e. The Bertz CT molecular complexity index is 1200. The Morgan fingerprint density at radius 1 is 1.09 bits per heavy atom. The highest BCUT2D eigenvalue weighted by Crippen LogP contribution is 2.43. The molecule has 2 heterocycles. The molecule has 0 atom stereocenters. The Balaban J connectivity index is 1.54. The first-order chi connectivity index (χ1) is 15.9. The highest BCUT2D eigenvalue weighted by Gasteiger charge is 2.36. The lowest BCUT2D eigenvalue weighted by Crippen LogP contribution is -2.36. The predicted octanol–water partition coefficient (Wildman–Crippen LogP) is 7.62. The molecule has 3 aromatic rings. The Hall–Kier alpha value is -3.00. The summed E-state index contributed by atoms with van der Waals surface area (Å²) in [5, 5.41) is 0. The summed E-state index contributed by atoms with van der Waals surface area (Å²) in [6.45, 7) is 7.88. The van der Waals surface area contributed by atoms with Crippen molar-refractivity contribution in [3.63, 3.8) is 0 Å². The van der Waals surface area contributed by atoms with E-state index in [0.717, 1.165) is 16.8 Å². The Morgan fingerprint density at radius 3 is 2.44 bits per heavy atom. The molecular weight excluding hydrogens is 463 g/mol. The highest BCUT2D eigenvalue weighted by molar-refractivity contribution is 7.12. The molecule has 180 valence electrons. The van der Waals surface area contributed by atoms with Crippen LogP contribution in [0, 0.1) is 6.92 Å². The van der Waals surface area contributed by atoms with E-state index in [2.05, 4.69) is 0 Å². The minimum atomic E-state index is -4.44. The number of ether oxygens (including phenoxy) is 2. The lowest BCUT2D eigenvalue weighted by Gasteiger charge is -2.25. The fraction of sp³-hybridized carbons (Fsp3) is 0.346. The van der Waals surface area contributed by atoms with Gasteiger partial charge in [0.05, 0.1) is 5.69 Å². The molecule has 0 saturated heterocycles. The third-order valence-corrected chi connectivity index (χ3v) is 6.50. The summed E-state index contributed by atoms with van der Waals surface area (Å²) >= 11 is 0.700. The van der Waals surface area contributed by atoms with Crippen molar-refractivity contribution in [3.05, 3.63) is 69.4 Å². The molecule has 4 nitrogen and oxygen atoms in total. The predicted molar refractivity (Wildman–Crippen MR) is 128 cm³/mol. The molecule has 1 aromatic heterocycles. The number of halogens is 3. The van der Waals surface area contributed by atoms with E-state index in [1.165, 1.54) is 0 Å². The summed E-state index contributed by atoms with van der Waals surface area (Å²) in [5.41, 5.74) is 2.70. The maximum atomic E-state index is 13.6. The van der Waals surface area contributed by atoms with Crippen LogP contribution in [-0.4, -0.2) is 18.2 Å². The van der Waals surface area contributed by atoms with Crippen LogP contribution < -0.4 is 9.64 Å². The Kier molecular flexibility index (Phi) is 6.38. The van der Waals surface area contributed by atoms with Crippen LogP contribution in [0.2, 0.25) is 0 Å². The number of benzene rings is 2. The molecule has 4 rings (SSSR count). The van der Waals surface area contributed by atoms with Crippen LogP contribution in [0.25, 0.3) is 11.1 Å². The van der Waals surface area contributed by atoms with Crippen LogP contribution in [-0.2, 0) is 23.9 Å². The van der Waals surface area contributed by atoms with Crippen molar-refractivity contribution in [2.45, 2.75) is 52.5 Å². The van der Waals surface area contributed by atoms with E-state index in [4.69, 9.17) is 9.47 Å². The van der Waals surface area contributed by atoms with E-state index in [9.17, 15) is 18.0 Å². The first-order valence-corrected chi connectivity index (χ1v) is 11.8. The Morgan fingerprint density at radius 2 is 1.79 bits per heavy atom. The molecule has 0 saturated carbocycles. The quantitative estimate of drug-likeness (QED) is 0.378. The molecule has 0 spiro atoms. The summed E-state index contributed by atoms with van der Waals surface area (Å²) in [4.78, 5) is 14.1. The Labute approximate surface area is 200 Å². The smallest absolute Gasteiger partial charge is 0.426 e. The van der Waals surface area contributed by atoms with E-state index in [1.54, 1.807) is 47.4 Å². The molecular formula is C26H26F3NO3S. The van der Waals surface area contributed by atoms with Crippen LogP contribution >= 0.6 is 11.3 Å². The van der Waals surface area contributed by atoms with Gasteiger partial charge in [0.15, 0.2) is 0 Å². The molecule has 2 aromatic carbocycles. The molecule has 0 bridgehead atoms.